The summed E-state index contributed by atoms with van der Waals surface area (Å²) >= 11 is 6.31. The summed E-state index contributed by atoms with van der Waals surface area (Å²) in [5, 5.41) is 10.2. The molecule has 96 valence electrons. The molecule has 1 N–H and O–H groups in total. The molecule has 3 nitrogen and oxygen atoms in total. The highest BCUT2D eigenvalue weighted by atomic mass is 35.5. The van der Waals surface area contributed by atoms with E-state index in [2.05, 4.69) is 4.98 Å². The summed E-state index contributed by atoms with van der Waals surface area (Å²) in [5.74, 6) is 0. The predicted octanol–water partition coefficient (Wildman–Crippen LogP) is 3.73. The number of aliphatic hydroxyl groups is 1. The van der Waals surface area contributed by atoms with Crippen LogP contribution in [-0.4, -0.2) is 14.7 Å². The molecule has 2 aromatic carbocycles. The van der Waals surface area contributed by atoms with Crippen LogP contribution in [0.25, 0.3) is 16.7 Å². The molecule has 0 fully saturated rings. The summed E-state index contributed by atoms with van der Waals surface area (Å²) in [4.78, 5) is 4.35. The molecule has 3 aromatic rings. The van der Waals surface area contributed by atoms with Gasteiger partial charge in [0.2, 0.25) is 0 Å². The average molecular weight is 273 g/mol. The summed E-state index contributed by atoms with van der Waals surface area (Å²) in [6.07, 6.45) is 1.24. The first-order valence-corrected chi connectivity index (χ1v) is 6.44. The first-order chi connectivity index (χ1) is 9.16. The number of hydrogen-bond acceptors (Lipinski definition) is 2. The Morgan fingerprint density at radius 3 is 2.74 bits per heavy atom. The van der Waals surface area contributed by atoms with Crippen LogP contribution in [-0.2, 0) is 0 Å². The van der Waals surface area contributed by atoms with Crippen molar-refractivity contribution in [2.75, 3.05) is 0 Å². The largest absolute Gasteiger partial charge is 0.389 e. The first kappa shape index (κ1) is 12.2. The highest BCUT2D eigenvalue weighted by Crippen LogP contribution is 2.27. The molecule has 0 bridgehead atoms. The predicted molar refractivity (Wildman–Crippen MR) is 76.7 cm³/mol. The number of rotatable bonds is 2. The maximum Gasteiger partial charge on any atom is 0.100 e. The van der Waals surface area contributed by atoms with E-state index in [1.165, 1.54) is 0 Å². The van der Waals surface area contributed by atoms with Crippen molar-refractivity contribution >= 4 is 22.6 Å². The van der Waals surface area contributed by atoms with E-state index in [0.717, 1.165) is 22.3 Å². The molecule has 0 amide bonds. The Morgan fingerprint density at radius 1 is 1.21 bits per heavy atom. The Hall–Kier alpha value is -1.84. The smallest absolute Gasteiger partial charge is 0.100 e. The number of aromatic nitrogens is 2. The number of hydrogen-bond donors (Lipinski definition) is 1. The Balaban J connectivity index is 2.17. The van der Waals surface area contributed by atoms with E-state index in [1.807, 2.05) is 41.0 Å². The third-order valence-corrected chi connectivity index (χ3v) is 3.47. The zero-order chi connectivity index (χ0) is 13.4. The first-order valence-electron chi connectivity index (χ1n) is 6.07. The van der Waals surface area contributed by atoms with Crippen LogP contribution in [0, 0.1) is 0 Å². The third kappa shape index (κ3) is 2.11. The van der Waals surface area contributed by atoms with Crippen molar-refractivity contribution < 1.29 is 5.11 Å². The molecule has 1 atom stereocenters. The number of fused-ring (bicyclic) bond motifs is 1. The molecule has 0 aliphatic rings. The lowest BCUT2D eigenvalue weighted by atomic mass is 10.1. The van der Waals surface area contributed by atoms with E-state index < -0.39 is 6.10 Å². The number of halogens is 1. The second kappa shape index (κ2) is 4.68. The highest BCUT2D eigenvalue weighted by molar-refractivity contribution is 6.32. The average Bonchev–Trinajstić information content (AvgIpc) is 2.82. The minimum atomic E-state index is -0.522. The molecule has 1 aromatic heterocycles. The van der Waals surface area contributed by atoms with Gasteiger partial charge < -0.3 is 5.11 Å². The zero-order valence-corrected chi connectivity index (χ0v) is 11.2. The topological polar surface area (TPSA) is 38.0 Å². The van der Waals surface area contributed by atoms with Crippen LogP contribution >= 0.6 is 11.6 Å². The Labute approximate surface area is 116 Å². The van der Waals surface area contributed by atoms with E-state index in [9.17, 15) is 5.11 Å². The van der Waals surface area contributed by atoms with Crippen LogP contribution in [0.5, 0.6) is 0 Å². The van der Waals surface area contributed by atoms with Gasteiger partial charge in [-0.3, -0.25) is 4.57 Å². The quantitative estimate of drug-likeness (QED) is 0.772. The number of imidazole rings is 1. The van der Waals surface area contributed by atoms with E-state index in [1.54, 1.807) is 19.3 Å². The lowest BCUT2D eigenvalue weighted by Crippen LogP contribution is -1.96. The van der Waals surface area contributed by atoms with Gasteiger partial charge in [0.25, 0.3) is 0 Å². The van der Waals surface area contributed by atoms with Crippen molar-refractivity contribution in [1.82, 2.24) is 9.55 Å². The number of nitrogens with zero attached hydrogens (tertiary/aromatic N) is 2. The van der Waals surface area contributed by atoms with Gasteiger partial charge in [-0.1, -0.05) is 29.8 Å². The Morgan fingerprint density at radius 2 is 2.00 bits per heavy atom. The van der Waals surface area contributed by atoms with Crippen LogP contribution < -0.4 is 0 Å². The molecule has 1 heterocycles. The van der Waals surface area contributed by atoms with Crippen molar-refractivity contribution in [3.63, 3.8) is 0 Å². The standard InChI is InChI=1S/C15H13ClN2O/c1-10(19)11-6-7-14(12(16)8-11)18-9-17-13-4-2-3-5-15(13)18/h2-10,19H,1H3. The normalized spacial score (nSPS) is 12.8. The van der Waals surface area contributed by atoms with Crippen LogP contribution in [0.3, 0.4) is 0 Å². The lowest BCUT2D eigenvalue weighted by molar-refractivity contribution is 0.199. The molecule has 1 unspecified atom stereocenters. The van der Waals surface area contributed by atoms with Crippen LogP contribution in [0.2, 0.25) is 5.02 Å². The maximum atomic E-state index is 9.56. The fourth-order valence-electron chi connectivity index (χ4n) is 2.13. The molecule has 0 aliphatic carbocycles. The lowest BCUT2D eigenvalue weighted by Gasteiger charge is -2.10. The van der Waals surface area contributed by atoms with Crippen molar-refractivity contribution in [3.05, 3.63) is 59.4 Å². The van der Waals surface area contributed by atoms with Gasteiger partial charge >= 0.3 is 0 Å². The van der Waals surface area contributed by atoms with Crippen LogP contribution in [0.4, 0.5) is 0 Å². The van der Waals surface area contributed by atoms with Crippen molar-refractivity contribution in [2.24, 2.45) is 0 Å². The second-order valence-electron chi connectivity index (χ2n) is 4.49. The van der Waals surface area contributed by atoms with Crippen molar-refractivity contribution in [3.8, 4) is 5.69 Å². The van der Waals surface area contributed by atoms with Crippen LogP contribution in [0.1, 0.15) is 18.6 Å². The van der Waals surface area contributed by atoms with Gasteiger partial charge in [0.05, 0.1) is 27.8 Å². The Bertz CT molecular complexity index is 734. The summed E-state index contributed by atoms with van der Waals surface area (Å²) in [6.45, 7) is 1.72. The molecular weight excluding hydrogens is 260 g/mol. The van der Waals surface area contributed by atoms with Crippen molar-refractivity contribution in [1.29, 1.82) is 0 Å². The molecule has 0 saturated heterocycles. The van der Waals surface area contributed by atoms with E-state index >= 15 is 0 Å². The van der Waals surface area contributed by atoms with Gasteiger partial charge in [0.1, 0.15) is 6.33 Å². The molecule has 4 heteroatoms. The van der Waals surface area contributed by atoms with Gasteiger partial charge in [0.15, 0.2) is 0 Å². The van der Waals surface area contributed by atoms with E-state index in [4.69, 9.17) is 11.6 Å². The molecule has 0 aliphatic heterocycles. The molecule has 0 spiro atoms. The van der Waals surface area contributed by atoms with Gasteiger partial charge in [-0.25, -0.2) is 4.98 Å². The molecule has 19 heavy (non-hydrogen) atoms. The minimum Gasteiger partial charge on any atom is -0.389 e. The summed E-state index contributed by atoms with van der Waals surface area (Å²) in [7, 11) is 0. The fourth-order valence-corrected chi connectivity index (χ4v) is 2.41. The van der Waals surface area contributed by atoms with Gasteiger partial charge in [-0.15, -0.1) is 0 Å². The zero-order valence-electron chi connectivity index (χ0n) is 10.4. The van der Waals surface area contributed by atoms with Gasteiger partial charge in [0, 0.05) is 0 Å². The minimum absolute atomic E-state index is 0.522. The molecule has 0 saturated carbocycles. The number of benzene rings is 2. The van der Waals surface area contributed by atoms with Gasteiger partial charge in [-0.05, 0) is 36.8 Å². The molecule has 0 radical (unpaired) electrons. The number of para-hydroxylation sites is 2. The monoisotopic (exact) mass is 272 g/mol. The maximum absolute atomic E-state index is 9.56. The highest BCUT2D eigenvalue weighted by Gasteiger charge is 2.09. The third-order valence-electron chi connectivity index (χ3n) is 3.17. The van der Waals surface area contributed by atoms with Gasteiger partial charge in [-0.2, -0.15) is 0 Å². The van der Waals surface area contributed by atoms with Crippen molar-refractivity contribution in [2.45, 2.75) is 13.0 Å². The molecule has 3 rings (SSSR count). The summed E-state index contributed by atoms with van der Waals surface area (Å²) < 4.78 is 1.95. The number of aliphatic hydroxyl groups excluding tert-OH is 1. The fraction of sp³-hybridized carbons (Fsp3) is 0.133. The van der Waals surface area contributed by atoms with Crippen LogP contribution in [0.15, 0.2) is 48.8 Å². The SMILES string of the molecule is CC(O)c1ccc(-n2cnc3ccccc32)c(Cl)c1. The summed E-state index contributed by atoms with van der Waals surface area (Å²) in [6, 6.07) is 13.5. The van der Waals surface area contributed by atoms with E-state index in [-0.39, 0.29) is 0 Å². The second-order valence-corrected chi connectivity index (χ2v) is 4.90. The summed E-state index contributed by atoms with van der Waals surface area (Å²) in [5.41, 5.74) is 3.60. The molecular formula is C15H13ClN2O. The van der Waals surface area contributed by atoms with E-state index in [0.29, 0.717) is 5.02 Å². The Kier molecular flexibility index (Phi) is 3.01.